The van der Waals surface area contributed by atoms with Crippen molar-refractivity contribution in [2.75, 3.05) is 0 Å². The van der Waals surface area contributed by atoms with Crippen LogP contribution in [0, 0.1) is 10.8 Å². The summed E-state index contributed by atoms with van der Waals surface area (Å²) in [6.07, 6.45) is 0.610. The molecule has 0 saturated carbocycles. The van der Waals surface area contributed by atoms with Crippen LogP contribution in [0.2, 0.25) is 0 Å². The number of rotatable bonds is 9. The Hall–Kier alpha value is -2.88. The normalized spacial score (nSPS) is 15.1. The molecule has 4 heteroatoms. The summed E-state index contributed by atoms with van der Waals surface area (Å²) in [6, 6.07) is 19.5. The molecule has 182 valence electrons. The van der Waals surface area contributed by atoms with Crippen molar-refractivity contribution < 1.29 is 9.59 Å². The molecule has 0 heterocycles. The summed E-state index contributed by atoms with van der Waals surface area (Å²) in [4.78, 5) is 35.5. The number of aliphatic imine (C=N–C) groups is 2. The van der Waals surface area contributed by atoms with Crippen LogP contribution in [0.5, 0.6) is 0 Å². The van der Waals surface area contributed by atoms with Gasteiger partial charge in [0.25, 0.3) is 0 Å². The number of nitrogens with zero attached hydrogens (tertiary/aromatic N) is 2. The number of carbonyl (C=O) groups excluding carboxylic acids is 2. The van der Waals surface area contributed by atoms with Crippen molar-refractivity contribution in [2.45, 2.75) is 80.3 Å². The highest BCUT2D eigenvalue weighted by Gasteiger charge is 2.27. The molecule has 0 N–H and O–H groups in total. The fraction of sp³-hybridized carbons (Fsp3) is 0.467. The Morgan fingerprint density at radius 2 is 0.912 bits per heavy atom. The molecule has 0 saturated heterocycles. The van der Waals surface area contributed by atoms with Gasteiger partial charge in [-0.25, -0.2) is 0 Å². The molecule has 0 amide bonds. The van der Waals surface area contributed by atoms with E-state index in [1.54, 1.807) is 0 Å². The largest absolute Gasteiger partial charge is 0.299 e. The van der Waals surface area contributed by atoms with Gasteiger partial charge in [-0.15, -0.1) is 0 Å². The Morgan fingerprint density at radius 1 is 0.618 bits per heavy atom. The summed E-state index contributed by atoms with van der Waals surface area (Å²) < 4.78 is 0. The van der Waals surface area contributed by atoms with Gasteiger partial charge in [-0.05, 0) is 25.0 Å². The second-order valence-corrected chi connectivity index (χ2v) is 11.1. The van der Waals surface area contributed by atoms with Crippen molar-refractivity contribution in [3.8, 4) is 0 Å². The first-order valence-electron chi connectivity index (χ1n) is 12.0. The van der Waals surface area contributed by atoms with E-state index in [2.05, 4.69) is 0 Å². The molecule has 0 fully saturated rings. The monoisotopic (exact) mass is 460 g/mol. The summed E-state index contributed by atoms with van der Waals surface area (Å²) in [5, 5.41) is 0. The lowest BCUT2D eigenvalue weighted by Crippen LogP contribution is -2.23. The van der Waals surface area contributed by atoms with Gasteiger partial charge >= 0.3 is 0 Å². The van der Waals surface area contributed by atoms with Gasteiger partial charge in [-0.3, -0.25) is 19.6 Å². The number of hydrogen-bond acceptors (Lipinski definition) is 4. The molecule has 2 rings (SSSR count). The predicted octanol–water partition coefficient (Wildman–Crippen LogP) is 7.40. The average molecular weight is 461 g/mol. The van der Waals surface area contributed by atoms with Crippen molar-refractivity contribution >= 4 is 23.0 Å². The molecule has 0 aliphatic heterocycles. The van der Waals surface area contributed by atoms with E-state index in [9.17, 15) is 9.59 Å². The SMILES string of the molecule is CC(CC(=O)C(C)(C)C)=NC(c1ccccc1)C(N=C(C)CC(=O)C(C)(C)C)c1ccccc1. The standard InChI is InChI=1S/C30H40N2O2/c1-21(19-25(33)29(3,4)5)31-27(23-15-11-9-12-16-23)28(24-17-13-10-14-18-24)32-22(2)20-26(34)30(6,7)8/h9-18,27-28H,19-20H2,1-8H3. The van der Waals surface area contributed by atoms with Crippen molar-refractivity contribution in [3.05, 3.63) is 71.8 Å². The van der Waals surface area contributed by atoms with E-state index in [1.807, 2.05) is 116 Å². The molecule has 2 unspecified atom stereocenters. The number of hydrogen-bond donors (Lipinski definition) is 0. The quantitative estimate of drug-likeness (QED) is 0.366. The second kappa shape index (κ2) is 11.5. The molecular formula is C30H40N2O2. The predicted molar refractivity (Wildman–Crippen MR) is 143 cm³/mol. The van der Waals surface area contributed by atoms with Gasteiger partial charge in [-0.1, -0.05) is 102 Å². The summed E-state index contributed by atoms with van der Waals surface area (Å²) in [5.41, 5.74) is 2.79. The highest BCUT2D eigenvalue weighted by molar-refractivity contribution is 6.03. The van der Waals surface area contributed by atoms with Crippen LogP contribution in [-0.2, 0) is 9.59 Å². The maximum absolute atomic E-state index is 12.7. The lowest BCUT2D eigenvalue weighted by molar-refractivity contribution is -0.125. The van der Waals surface area contributed by atoms with Crippen molar-refractivity contribution in [3.63, 3.8) is 0 Å². The molecule has 0 bridgehead atoms. The Balaban J connectivity index is 2.56. The number of carbonyl (C=O) groups is 2. The zero-order valence-electron chi connectivity index (χ0n) is 22.1. The van der Waals surface area contributed by atoms with Crippen LogP contribution in [0.25, 0.3) is 0 Å². The molecule has 2 atom stereocenters. The van der Waals surface area contributed by atoms with Crippen LogP contribution in [0.4, 0.5) is 0 Å². The molecule has 2 aromatic rings. The molecule has 0 aliphatic carbocycles. The highest BCUT2D eigenvalue weighted by atomic mass is 16.1. The van der Waals surface area contributed by atoms with Crippen LogP contribution >= 0.6 is 0 Å². The van der Waals surface area contributed by atoms with E-state index >= 15 is 0 Å². The minimum Gasteiger partial charge on any atom is -0.299 e. The maximum atomic E-state index is 12.7. The van der Waals surface area contributed by atoms with Gasteiger partial charge in [0.05, 0.1) is 0 Å². The van der Waals surface area contributed by atoms with Gasteiger partial charge in [0, 0.05) is 35.1 Å². The number of ketones is 2. The first-order chi connectivity index (χ1) is 15.8. The van der Waals surface area contributed by atoms with E-state index in [0.717, 1.165) is 22.6 Å². The average Bonchev–Trinajstić information content (AvgIpc) is 2.76. The molecule has 0 aromatic heterocycles. The van der Waals surface area contributed by atoms with E-state index in [0.29, 0.717) is 12.8 Å². The van der Waals surface area contributed by atoms with E-state index in [1.165, 1.54) is 0 Å². The van der Waals surface area contributed by atoms with Gasteiger partial charge in [0.1, 0.15) is 23.7 Å². The third-order valence-electron chi connectivity index (χ3n) is 5.81. The number of benzene rings is 2. The van der Waals surface area contributed by atoms with Crippen molar-refractivity contribution in [1.29, 1.82) is 0 Å². The zero-order chi connectivity index (χ0) is 25.5. The van der Waals surface area contributed by atoms with Gasteiger partial charge in [0.15, 0.2) is 0 Å². The molecular weight excluding hydrogens is 420 g/mol. The van der Waals surface area contributed by atoms with Crippen molar-refractivity contribution in [1.82, 2.24) is 0 Å². The Morgan fingerprint density at radius 3 is 1.18 bits per heavy atom. The van der Waals surface area contributed by atoms with Crippen LogP contribution in [0.1, 0.15) is 91.4 Å². The zero-order valence-corrected chi connectivity index (χ0v) is 22.1. The molecule has 2 aromatic carbocycles. The van der Waals surface area contributed by atoms with Gasteiger partial charge in [-0.2, -0.15) is 0 Å². The fourth-order valence-corrected chi connectivity index (χ4v) is 3.52. The Kier molecular flexibility index (Phi) is 9.26. The van der Waals surface area contributed by atoms with Crippen LogP contribution in [-0.4, -0.2) is 23.0 Å². The minimum absolute atomic E-state index is 0.160. The van der Waals surface area contributed by atoms with Crippen LogP contribution in [0.15, 0.2) is 70.6 Å². The van der Waals surface area contributed by atoms with E-state index < -0.39 is 10.8 Å². The Labute approximate surface area is 205 Å². The molecule has 0 aliphatic rings. The summed E-state index contributed by atoms with van der Waals surface area (Å²) in [6.45, 7) is 15.4. The van der Waals surface area contributed by atoms with Crippen LogP contribution < -0.4 is 0 Å². The molecule has 0 radical (unpaired) electrons. The smallest absolute Gasteiger partial charge is 0.143 e. The molecule has 0 spiro atoms. The first-order valence-corrected chi connectivity index (χ1v) is 12.0. The van der Waals surface area contributed by atoms with E-state index in [4.69, 9.17) is 9.98 Å². The minimum atomic E-state index is -0.417. The lowest BCUT2D eigenvalue weighted by Gasteiger charge is -2.25. The van der Waals surface area contributed by atoms with Crippen molar-refractivity contribution in [2.24, 2.45) is 20.8 Å². The summed E-state index contributed by atoms with van der Waals surface area (Å²) >= 11 is 0. The lowest BCUT2D eigenvalue weighted by atomic mass is 9.87. The third kappa shape index (κ3) is 8.16. The first kappa shape index (κ1) is 27.4. The highest BCUT2D eigenvalue weighted by Crippen LogP contribution is 2.36. The van der Waals surface area contributed by atoms with E-state index in [-0.39, 0.29) is 23.7 Å². The molecule has 34 heavy (non-hydrogen) atoms. The number of Topliss-reactive ketones (excluding diaryl/α,β-unsaturated/α-hetero) is 2. The summed E-state index contributed by atoms with van der Waals surface area (Å²) in [5.74, 6) is 0.319. The molecule has 4 nitrogen and oxygen atoms in total. The third-order valence-corrected chi connectivity index (χ3v) is 5.81. The second-order valence-electron chi connectivity index (χ2n) is 11.1. The van der Waals surface area contributed by atoms with Gasteiger partial charge in [0.2, 0.25) is 0 Å². The Bertz CT molecular complexity index is 937. The summed E-state index contributed by atoms with van der Waals surface area (Å²) in [7, 11) is 0. The van der Waals surface area contributed by atoms with Gasteiger partial charge < -0.3 is 0 Å². The fourth-order valence-electron chi connectivity index (χ4n) is 3.52. The topological polar surface area (TPSA) is 58.9 Å². The maximum Gasteiger partial charge on any atom is 0.143 e. The van der Waals surface area contributed by atoms with Crippen LogP contribution in [0.3, 0.4) is 0 Å².